The standard InChI is InChI=1S/C23H16F3N5O4/c1-34-18-7-12(20-15(9-27)21(29)31-22(33)16(20)10-28)5-6-17(18)35-11-19(32)30-14-4-2-3-13(8-14)23(24,25)26/h2-8H,11H2,1H3,(H,30,32)(H3,29,31,33). The number of nitrogens with zero attached hydrogens (tertiary/aromatic N) is 2. The van der Waals surface area contributed by atoms with Crippen molar-refractivity contribution >= 4 is 17.4 Å². The number of halogens is 3. The normalized spacial score (nSPS) is 10.7. The SMILES string of the molecule is COc1cc(-c2c(C#N)c(N)[nH]c(=O)c2C#N)ccc1OCC(=O)Nc1cccc(C(F)(F)F)c1. The Hall–Kier alpha value is -4.97. The molecule has 2 aromatic carbocycles. The van der Waals surface area contributed by atoms with Gasteiger partial charge in [0, 0.05) is 11.3 Å². The molecule has 9 nitrogen and oxygen atoms in total. The summed E-state index contributed by atoms with van der Waals surface area (Å²) in [6.45, 7) is -0.559. The Morgan fingerprint density at radius 2 is 1.83 bits per heavy atom. The van der Waals surface area contributed by atoms with Crippen molar-refractivity contribution in [2.24, 2.45) is 0 Å². The van der Waals surface area contributed by atoms with Gasteiger partial charge in [0.25, 0.3) is 11.5 Å². The fourth-order valence-electron chi connectivity index (χ4n) is 3.19. The van der Waals surface area contributed by atoms with Crippen LogP contribution in [0, 0.1) is 22.7 Å². The number of benzene rings is 2. The number of hydrogen-bond donors (Lipinski definition) is 3. The van der Waals surface area contributed by atoms with E-state index in [1.54, 1.807) is 6.07 Å². The number of carbonyl (C=O) groups excluding carboxylic acids is 1. The van der Waals surface area contributed by atoms with Gasteiger partial charge in [-0.1, -0.05) is 12.1 Å². The lowest BCUT2D eigenvalue weighted by atomic mass is 9.96. The third-order valence-electron chi connectivity index (χ3n) is 4.75. The summed E-state index contributed by atoms with van der Waals surface area (Å²) in [6.07, 6.45) is -4.56. The number of nitrogens with one attached hydrogen (secondary N) is 2. The number of ether oxygens (including phenoxy) is 2. The second kappa shape index (κ2) is 9.89. The van der Waals surface area contributed by atoms with Gasteiger partial charge in [0.05, 0.1) is 12.7 Å². The minimum atomic E-state index is -4.56. The maximum atomic E-state index is 12.8. The maximum Gasteiger partial charge on any atom is 0.416 e. The number of alkyl halides is 3. The van der Waals surface area contributed by atoms with Crippen LogP contribution in [0.4, 0.5) is 24.7 Å². The number of aromatic nitrogens is 1. The number of rotatable bonds is 6. The maximum absolute atomic E-state index is 12.8. The monoisotopic (exact) mass is 483 g/mol. The van der Waals surface area contributed by atoms with Gasteiger partial charge in [0.1, 0.15) is 29.1 Å². The molecule has 0 atom stereocenters. The summed E-state index contributed by atoms with van der Waals surface area (Å²) in [5.74, 6) is -0.750. The van der Waals surface area contributed by atoms with E-state index in [1.807, 2.05) is 6.07 Å². The molecule has 4 N–H and O–H groups in total. The Labute approximate surface area is 196 Å². The van der Waals surface area contributed by atoms with Crippen LogP contribution < -0.4 is 26.1 Å². The Kier molecular flexibility index (Phi) is 6.97. The van der Waals surface area contributed by atoms with Crippen LogP contribution in [0.5, 0.6) is 11.5 Å². The lowest BCUT2D eigenvalue weighted by molar-refractivity contribution is -0.137. The van der Waals surface area contributed by atoms with Crippen LogP contribution in [0.3, 0.4) is 0 Å². The number of carbonyl (C=O) groups is 1. The number of nitrogen functional groups attached to an aromatic ring is 1. The van der Waals surface area contributed by atoms with Crippen LogP contribution in [0.15, 0.2) is 47.3 Å². The van der Waals surface area contributed by atoms with Crippen LogP contribution >= 0.6 is 0 Å². The van der Waals surface area contributed by atoms with E-state index in [0.29, 0.717) is 0 Å². The molecule has 0 saturated carbocycles. The molecule has 0 aliphatic heterocycles. The first-order valence-corrected chi connectivity index (χ1v) is 9.73. The molecule has 0 radical (unpaired) electrons. The first kappa shape index (κ1) is 24.7. The van der Waals surface area contributed by atoms with Gasteiger partial charge in [0.15, 0.2) is 18.1 Å². The zero-order valence-electron chi connectivity index (χ0n) is 18.0. The fourth-order valence-corrected chi connectivity index (χ4v) is 3.19. The third kappa shape index (κ3) is 5.34. The predicted octanol–water partition coefficient (Wildman–Crippen LogP) is 3.41. The molecule has 1 aromatic heterocycles. The highest BCUT2D eigenvalue weighted by atomic mass is 19.4. The van der Waals surface area contributed by atoms with E-state index in [9.17, 15) is 33.3 Å². The van der Waals surface area contributed by atoms with Crippen LogP contribution in [0.2, 0.25) is 0 Å². The number of nitriles is 2. The molecular formula is C23H16F3N5O4. The van der Waals surface area contributed by atoms with Crippen molar-refractivity contribution in [1.82, 2.24) is 4.98 Å². The third-order valence-corrected chi connectivity index (χ3v) is 4.75. The van der Waals surface area contributed by atoms with Gasteiger partial charge in [-0.15, -0.1) is 0 Å². The Morgan fingerprint density at radius 3 is 2.46 bits per heavy atom. The van der Waals surface area contributed by atoms with Crippen LogP contribution in [-0.2, 0) is 11.0 Å². The summed E-state index contributed by atoms with van der Waals surface area (Å²) < 4.78 is 49.2. The van der Waals surface area contributed by atoms with E-state index in [4.69, 9.17) is 15.2 Å². The molecule has 0 bridgehead atoms. The predicted molar refractivity (Wildman–Crippen MR) is 118 cm³/mol. The number of pyridine rings is 1. The van der Waals surface area contributed by atoms with Gasteiger partial charge in [-0.3, -0.25) is 9.59 Å². The molecule has 3 aromatic rings. The van der Waals surface area contributed by atoms with Gasteiger partial charge in [-0.25, -0.2) is 0 Å². The zero-order valence-corrected chi connectivity index (χ0v) is 18.0. The van der Waals surface area contributed by atoms with Crippen molar-refractivity contribution < 1.29 is 27.4 Å². The molecule has 3 rings (SSSR count). The molecule has 1 heterocycles. The van der Waals surface area contributed by atoms with E-state index in [0.717, 1.165) is 18.2 Å². The highest BCUT2D eigenvalue weighted by Gasteiger charge is 2.30. The topological polar surface area (TPSA) is 154 Å². The molecule has 0 unspecified atom stereocenters. The zero-order chi connectivity index (χ0) is 25.8. The van der Waals surface area contributed by atoms with Gasteiger partial charge in [0.2, 0.25) is 0 Å². The summed E-state index contributed by atoms with van der Waals surface area (Å²) in [5, 5.41) is 21.2. The smallest absolute Gasteiger partial charge is 0.416 e. The van der Waals surface area contributed by atoms with Crippen molar-refractivity contribution in [1.29, 1.82) is 10.5 Å². The average molecular weight is 483 g/mol. The van der Waals surface area contributed by atoms with Crippen molar-refractivity contribution in [2.75, 3.05) is 24.8 Å². The quantitative estimate of drug-likeness (QED) is 0.485. The number of aromatic amines is 1. The first-order valence-electron chi connectivity index (χ1n) is 9.73. The molecule has 35 heavy (non-hydrogen) atoms. The molecule has 0 aliphatic rings. The van der Waals surface area contributed by atoms with Gasteiger partial charge in [-0.05, 0) is 35.9 Å². The molecule has 0 fully saturated rings. The fraction of sp³-hybridized carbons (Fsp3) is 0.130. The lowest BCUT2D eigenvalue weighted by Gasteiger charge is -2.14. The Bertz CT molecular complexity index is 1440. The summed E-state index contributed by atoms with van der Waals surface area (Å²) in [6, 6.07) is 11.9. The molecule has 0 spiro atoms. The largest absolute Gasteiger partial charge is 0.493 e. The second-order valence-corrected chi connectivity index (χ2v) is 7.00. The first-order chi connectivity index (χ1) is 16.6. The minimum Gasteiger partial charge on any atom is -0.493 e. The highest BCUT2D eigenvalue weighted by Crippen LogP contribution is 2.36. The van der Waals surface area contributed by atoms with Crippen LogP contribution in [0.25, 0.3) is 11.1 Å². The molecule has 178 valence electrons. The molecule has 12 heteroatoms. The van der Waals surface area contributed by atoms with Crippen LogP contribution in [-0.4, -0.2) is 24.6 Å². The minimum absolute atomic E-state index is 0.00314. The van der Waals surface area contributed by atoms with Gasteiger partial charge in [-0.2, -0.15) is 23.7 Å². The average Bonchev–Trinajstić information content (AvgIpc) is 2.82. The molecule has 0 saturated heterocycles. The van der Waals surface area contributed by atoms with Gasteiger partial charge >= 0.3 is 6.18 Å². The van der Waals surface area contributed by atoms with Gasteiger partial charge < -0.3 is 25.5 Å². The van der Waals surface area contributed by atoms with Crippen molar-refractivity contribution in [3.8, 4) is 34.8 Å². The number of methoxy groups -OCH3 is 1. The summed E-state index contributed by atoms with van der Waals surface area (Å²) in [7, 11) is 1.30. The number of H-pyrrole nitrogens is 1. The van der Waals surface area contributed by atoms with Crippen molar-refractivity contribution in [2.45, 2.75) is 6.18 Å². The van der Waals surface area contributed by atoms with Crippen LogP contribution in [0.1, 0.15) is 16.7 Å². The second-order valence-electron chi connectivity index (χ2n) is 7.00. The Morgan fingerprint density at radius 1 is 1.11 bits per heavy atom. The molecule has 1 amide bonds. The summed E-state index contributed by atoms with van der Waals surface area (Å²) in [4.78, 5) is 26.6. The molecular weight excluding hydrogens is 467 g/mol. The number of nitrogens with two attached hydrogens (primary N) is 1. The van der Waals surface area contributed by atoms with E-state index < -0.39 is 29.8 Å². The highest BCUT2D eigenvalue weighted by molar-refractivity contribution is 5.92. The number of hydrogen-bond acceptors (Lipinski definition) is 7. The van der Waals surface area contributed by atoms with E-state index in [-0.39, 0.29) is 45.3 Å². The van der Waals surface area contributed by atoms with E-state index >= 15 is 0 Å². The van der Waals surface area contributed by atoms with Crippen molar-refractivity contribution in [3.63, 3.8) is 0 Å². The Balaban J connectivity index is 1.84. The molecule has 0 aliphatic carbocycles. The summed E-state index contributed by atoms with van der Waals surface area (Å²) >= 11 is 0. The van der Waals surface area contributed by atoms with E-state index in [1.165, 1.54) is 31.4 Å². The summed E-state index contributed by atoms with van der Waals surface area (Å²) in [5.41, 5.74) is 3.79. The number of anilines is 2. The lowest BCUT2D eigenvalue weighted by Crippen LogP contribution is -2.20. The van der Waals surface area contributed by atoms with Crippen molar-refractivity contribution in [3.05, 3.63) is 69.5 Å². The number of amides is 1. The van der Waals surface area contributed by atoms with E-state index in [2.05, 4.69) is 10.3 Å².